The number of ketones is 1. The topological polar surface area (TPSA) is 231 Å². The summed E-state index contributed by atoms with van der Waals surface area (Å²) in [5, 5.41) is 48.4. The number of allylic oxidation sites excluding steroid dienone is 2. The predicted octanol–water partition coefficient (Wildman–Crippen LogP) is 5.57. The number of methoxy groups -OCH3 is 1. The van der Waals surface area contributed by atoms with Crippen LogP contribution >= 0.6 is 0 Å². The number of carbonyl (C=O) groups is 4. The van der Waals surface area contributed by atoms with Gasteiger partial charge in [0.2, 0.25) is 0 Å². The first-order chi connectivity index (χ1) is 28.8. The Balaban J connectivity index is 1.63. The summed E-state index contributed by atoms with van der Waals surface area (Å²) in [6.07, 6.45) is 3.49. The first-order valence-corrected chi connectivity index (χ1v) is 19.9. The Morgan fingerprint density at radius 3 is 2.28 bits per heavy atom. The lowest BCUT2D eigenvalue weighted by atomic mass is 9.78. The first-order valence-electron chi connectivity index (χ1n) is 19.9. The minimum absolute atomic E-state index is 0.0547. The lowest BCUT2D eigenvalue weighted by Crippen LogP contribution is -2.46. The number of aromatic hydroxyl groups is 2. The van der Waals surface area contributed by atoms with E-state index in [4.69, 9.17) is 23.7 Å². The number of hydrogen-bond donors (Lipinski definition) is 7. The molecule has 0 saturated carbocycles. The van der Waals surface area contributed by atoms with E-state index in [-0.39, 0.29) is 44.7 Å². The van der Waals surface area contributed by atoms with Gasteiger partial charge in [-0.2, -0.15) is 0 Å². The maximum absolute atomic E-state index is 14.5. The molecule has 328 valence electrons. The Labute approximate surface area is 354 Å². The molecule has 0 aromatic heterocycles. The molecule has 9 atom stereocenters. The number of hydrazine groups is 1. The van der Waals surface area contributed by atoms with Crippen molar-refractivity contribution in [2.75, 3.05) is 24.5 Å². The van der Waals surface area contributed by atoms with E-state index < -0.39 is 95.5 Å². The number of carbonyl (C=O) groups excluding carboxylic acids is 4. The molecule has 3 aliphatic rings. The molecule has 0 saturated heterocycles. The van der Waals surface area contributed by atoms with Crippen molar-refractivity contribution in [3.8, 4) is 23.0 Å². The lowest BCUT2D eigenvalue weighted by molar-refractivity contribution is -0.160. The van der Waals surface area contributed by atoms with Crippen molar-refractivity contribution in [1.82, 2.24) is 5.43 Å². The van der Waals surface area contributed by atoms with Crippen LogP contribution in [0, 0.1) is 30.6 Å². The number of fused-ring (bicyclic) bond motifs is 14. The average Bonchev–Trinajstić information content (AvgIpc) is 3.50. The molecular formula is C45H55N3O13. The number of nitrogens with one attached hydrogen (secondary N) is 3. The van der Waals surface area contributed by atoms with Crippen molar-refractivity contribution in [3.63, 3.8) is 0 Å². The van der Waals surface area contributed by atoms with Crippen LogP contribution in [-0.4, -0.2) is 87.9 Å². The molecule has 3 aliphatic heterocycles. The molecule has 7 N–H and O–H groups in total. The van der Waals surface area contributed by atoms with Crippen LogP contribution in [0.1, 0.15) is 64.4 Å². The fourth-order valence-corrected chi connectivity index (χ4v) is 7.59. The number of ether oxygens (including phenoxy) is 5. The highest BCUT2D eigenvalue weighted by atomic mass is 16.7. The second-order valence-corrected chi connectivity index (χ2v) is 15.7. The average molecular weight is 846 g/mol. The largest absolute Gasteiger partial charge is 0.507 e. The number of phenols is 2. The summed E-state index contributed by atoms with van der Waals surface area (Å²) in [7, 11) is 1.43. The van der Waals surface area contributed by atoms with Crippen LogP contribution < -0.4 is 25.6 Å². The SMILES string of the molecule is CO[C@H]1/C=C/O[C@@]2(C)Oc3c(C)c(O)c4c(O)c(cc(OCC(=O)NNc5ccccc5)c4c3C2=O)NC(=O)/C(C)=C\C=C\[C@@H](C)[C@@H](O)[C@@H](C)[C@H](O)[C@@H](C)[C@H](OC(C)=O)[C@@H]1C. The molecule has 0 aliphatic carbocycles. The maximum atomic E-state index is 14.5. The van der Waals surface area contributed by atoms with Crippen molar-refractivity contribution < 1.29 is 63.3 Å². The van der Waals surface area contributed by atoms with E-state index in [1.54, 1.807) is 64.1 Å². The van der Waals surface area contributed by atoms with Gasteiger partial charge in [-0.15, -0.1) is 0 Å². The highest BCUT2D eigenvalue weighted by Gasteiger charge is 2.49. The lowest BCUT2D eigenvalue weighted by Gasteiger charge is -2.38. The molecule has 5 bridgehead atoms. The molecule has 2 amide bonds. The van der Waals surface area contributed by atoms with Gasteiger partial charge in [0, 0.05) is 67.2 Å². The second kappa shape index (κ2) is 19.1. The zero-order chi connectivity index (χ0) is 44.9. The molecule has 3 heterocycles. The van der Waals surface area contributed by atoms with Gasteiger partial charge in [0.05, 0.1) is 46.9 Å². The minimum Gasteiger partial charge on any atom is -0.507 e. The molecule has 16 nitrogen and oxygen atoms in total. The van der Waals surface area contributed by atoms with Crippen LogP contribution in [0.15, 0.2) is 72.5 Å². The third-order valence-electron chi connectivity index (χ3n) is 11.3. The fraction of sp³-hybridized carbons (Fsp3) is 0.422. The van der Waals surface area contributed by atoms with Gasteiger partial charge in [-0.25, -0.2) is 0 Å². The summed E-state index contributed by atoms with van der Waals surface area (Å²) in [4.78, 5) is 53.4. The number of aliphatic hydroxyl groups excluding tert-OH is 2. The van der Waals surface area contributed by atoms with Crippen molar-refractivity contribution >= 4 is 45.7 Å². The maximum Gasteiger partial charge on any atom is 0.312 e. The number of aliphatic hydroxyl groups is 2. The quantitative estimate of drug-likeness (QED) is 0.0876. The number of phenolic OH excluding ortho intramolecular Hbond substituents is 2. The molecule has 16 heteroatoms. The molecule has 3 aromatic carbocycles. The van der Waals surface area contributed by atoms with Crippen molar-refractivity contribution in [2.45, 2.75) is 85.6 Å². The Bertz CT molecular complexity index is 2240. The molecule has 0 fully saturated rings. The second-order valence-electron chi connectivity index (χ2n) is 15.7. The van der Waals surface area contributed by atoms with E-state index in [2.05, 4.69) is 16.2 Å². The minimum atomic E-state index is -2.05. The highest BCUT2D eigenvalue weighted by molar-refractivity contribution is 6.21. The number of hydrogen-bond acceptors (Lipinski definition) is 14. The van der Waals surface area contributed by atoms with Gasteiger partial charge in [-0.1, -0.05) is 64.1 Å². The van der Waals surface area contributed by atoms with Gasteiger partial charge in [0.15, 0.2) is 12.4 Å². The number of rotatable bonds is 7. The van der Waals surface area contributed by atoms with Crippen molar-refractivity contribution in [3.05, 3.63) is 83.7 Å². The molecule has 3 aromatic rings. The Morgan fingerprint density at radius 2 is 1.62 bits per heavy atom. The molecule has 0 spiro atoms. The highest BCUT2D eigenvalue weighted by Crippen LogP contribution is 2.54. The van der Waals surface area contributed by atoms with Crippen LogP contribution in [0.2, 0.25) is 0 Å². The van der Waals surface area contributed by atoms with Gasteiger partial charge >= 0.3 is 11.8 Å². The summed E-state index contributed by atoms with van der Waals surface area (Å²) < 4.78 is 29.6. The summed E-state index contributed by atoms with van der Waals surface area (Å²) in [6, 6.07) is 10.0. The predicted molar refractivity (Wildman–Crippen MR) is 226 cm³/mol. The van der Waals surface area contributed by atoms with Crippen molar-refractivity contribution in [1.29, 1.82) is 0 Å². The summed E-state index contributed by atoms with van der Waals surface area (Å²) in [6.45, 7) is 11.9. The number of anilines is 2. The number of amides is 2. The third-order valence-corrected chi connectivity index (χ3v) is 11.3. The fourth-order valence-electron chi connectivity index (χ4n) is 7.59. The Hall–Kier alpha value is -6.10. The van der Waals surface area contributed by atoms with Crippen LogP contribution in [0.5, 0.6) is 23.0 Å². The van der Waals surface area contributed by atoms with Crippen LogP contribution in [0.25, 0.3) is 10.8 Å². The number of para-hydroxylation sites is 1. The molecule has 0 unspecified atom stereocenters. The number of Topliss-reactive ketones (excluding diaryl/α,β-unsaturated/α-hetero) is 1. The van der Waals surface area contributed by atoms with Gasteiger partial charge < -0.3 is 49.4 Å². The van der Waals surface area contributed by atoms with Crippen LogP contribution in [0.3, 0.4) is 0 Å². The Kier molecular flexibility index (Phi) is 14.4. The zero-order valence-corrected chi connectivity index (χ0v) is 35.6. The van der Waals surface area contributed by atoms with Gasteiger partial charge in [-0.05, 0) is 32.1 Å². The van der Waals surface area contributed by atoms with E-state index in [0.717, 1.165) is 0 Å². The number of benzene rings is 3. The Morgan fingerprint density at radius 1 is 0.934 bits per heavy atom. The van der Waals surface area contributed by atoms with Crippen LogP contribution in [0.4, 0.5) is 11.4 Å². The van der Waals surface area contributed by atoms with E-state index >= 15 is 0 Å². The standard InChI is InChI=1S/C45H55N3O13/c1-22-14-13-15-23(2)44(56)46-30-20-32(58-21-33(50)48-47-29-16-11-10-12-17-29)34-35(40(30)54)39(53)27(6)42-36(34)43(55)45(8,61-42)59-19-18-31(57-9)24(3)41(60-28(7)49)26(5)38(52)25(4)37(22)51/h10-20,22,24-26,31,37-38,41,47,51-54H,21H2,1-9H3,(H,46,56)(H,48,50)/b14-13+,19-18+,23-15-/t22-,24-,25-,26-,31+,37-,38+,41-,45+/m1/s1. The first kappa shape index (κ1) is 46.0. The van der Waals surface area contributed by atoms with E-state index in [0.29, 0.717) is 5.69 Å². The summed E-state index contributed by atoms with van der Waals surface area (Å²) in [5.74, 6) is -8.55. The van der Waals surface area contributed by atoms with Gasteiger partial charge in [0.1, 0.15) is 23.4 Å². The van der Waals surface area contributed by atoms with E-state index in [9.17, 15) is 39.6 Å². The van der Waals surface area contributed by atoms with Gasteiger partial charge in [-0.3, -0.25) is 30.0 Å². The molecule has 0 radical (unpaired) electrons. The molecule has 6 rings (SSSR count). The van der Waals surface area contributed by atoms with E-state index in [1.807, 2.05) is 6.07 Å². The third kappa shape index (κ3) is 9.77. The molecule has 61 heavy (non-hydrogen) atoms. The van der Waals surface area contributed by atoms with Gasteiger partial charge in [0.25, 0.3) is 17.6 Å². The monoisotopic (exact) mass is 845 g/mol. The molecular weight excluding hydrogens is 791 g/mol. The van der Waals surface area contributed by atoms with Crippen LogP contribution in [-0.2, 0) is 28.6 Å². The normalized spacial score (nSPS) is 29.1. The summed E-state index contributed by atoms with van der Waals surface area (Å²) in [5.41, 5.74) is 5.76. The van der Waals surface area contributed by atoms with E-state index in [1.165, 1.54) is 59.3 Å². The number of esters is 1. The summed E-state index contributed by atoms with van der Waals surface area (Å²) >= 11 is 0. The van der Waals surface area contributed by atoms with Crippen molar-refractivity contribution in [2.24, 2.45) is 23.7 Å². The smallest absolute Gasteiger partial charge is 0.312 e. The zero-order valence-electron chi connectivity index (χ0n) is 35.6.